The van der Waals surface area contributed by atoms with Crippen molar-refractivity contribution in [3.63, 3.8) is 0 Å². The van der Waals surface area contributed by atoms with Crippen LogP contribution in [0.1, 0.15) is 24.7 Å². The van der Waals surface area contributed by atoms with Gasteiger partial charge in [-0.1, -0.05) is 6.07 Å². The Kier molecular flexibility index (Phi) is 4.65. The molecule has 7 heteroatoms. The number of nitrogens with zero attached hydrogens (tertiary/aromatic N) is 2. The van der Waals surface area contributed by atoms with E-state index in [1.54, 1.807) is 18.2 Å². The zero-order valence-corrected chi connectivity index (χ0v) is 11.9. The summed E-state index contributed by atoms with van der Waals surface area (Å²) in [4.78, 5) is 27.0. The maximum Gasteiger partial charge on any atom is 0.224 e. The van der Waals surface area contributed by atoms with Crippen LogP contribution in [-0.4, -0.2) is 27.0 Å². The lowest BCUT2D eigenvalue weighted by atomic mass is 10.1. The number of hydrogen-bond acceptors (Lipinski definition) is 4. The van der Waals surface area contributed by atoms with Crippen LogP contribution >= 0.6 is 0 Å². The highest BCUT2D eigenvalue weighted by atomic mass is 16.2. The third-order valence-electron chi connectivity index (χ3n) is 2.97. The van der Waals surface area contributed by atoms with Gasteiger partial charge in [0.1, 0.15) is 12.2 Å². The molecule has 0 unspecified atom stereocenters. The number of carbonyl (C=O) groups excluding carboxylic acids is 2. The van der Waals surface area contributed by atoms with Crippen LogP contribution in [0.3, 0.4) is 0 Å². The maximum atomic E-state index is 11.9. The van der Waals surface area contributed by atoms with Crippen molar-refractivity contribution in [2.45, 2.75) is 26.7 Å². The molecule has 0 saturated carbocycles. The molecular formula is C14H17N5O2. The second-order valence-electron chi connectivity index (χ2n) is 4.64. The molecule has 1 aromatic carbocycles. The van der Waals surface area contributed by atoms with Crippen LogP contribution < -0.4 is 10.6 Å². The van der Waals surface area contributed by atoms with Gasteiger partial charge in [-0.25, -0.2) is 4.98 Å². The second kappa shape index (κ2) is 6.65. The molecule has 3 N–H and O–H groups in total. The van der Waals surface area contributed by atoms with E-state index in [9.17, 15) is 9.59 Å². The number of aromatic amines is 1. The van der Waals surface area contributed by atoms with Gasteiger partial charge < -0.3 is 10.6 Å². The average molecular weight is 287 g/mol. The lowest BCUT2D eigenvalue weighted by Crippen LogP contribution is -2.15. The largest absolute Gasteiger partial charge is 0.326 e. The average Bonchev–Trinajstić information content (AvgIpc) is 2.94. The molecule has 2 amide bonds. The van der Waals surface area contributed by atoms with Crippen molar-refractivity contribution in [2.75, 3.05) is 10.6 Å². The Bertz CT molecular complexity index is 637. The summed E-state index contributed by atoms with van der Waals surface area (Å²) in [5, 5.41) is 12.0. The molecule has 21 heavy (non-hydrogen) atoms. The quantitative estimate of drug-likeness (QED) is 0.778. The molecule has 7 nitrogen and oxygen atoms in total. The van der Waals surface area contributed by atoms with E-state index in [-0.39, 0.29) is 11.8 Å². The Morgan fingerprint density at radius 1 is 1.24 bits per heavy atom. The molecule has 0 aliphatic carbocycles. The molecule has 0 aliphatic rings. The number of hydrogen-bond donors (Lipinski definition) is 3. The van der Waals surface area contributed by atoms with Gasteiger partial charge in [-0.2, -0.15) is 5.10 Å². The van der Waals surface area contributed by atoms with E-state index in [1.807, 2.05) is 6.92 Å². The third kappa shape index (κ3) is 4.13. The first kappa shape index (κ1) is 14.7. The van der Waals surface area contributed by atoms with Gasteiger partial charge in [0.05, 0.1) is 0 Å². The lowest BCUT2D eigenvalue weighted by molar-refractivity contribution is -0.116. The Morgan fingerprint density at radius 2 is 1.95 bits per heavy atom. The van der Waals surface area contributed by atoms with Crippen molar-refractivity contribution in [1.29, 1.82) is 0 Å². The van der Waals surface area contributed by atoms with Gasteiger partial charge in [0, 0.05) is 31.1 Å². The molecule has 0 spiro atoms. The van der Waals surface area contributed by atoms with Crippen molar-refractivity contribution in [1.82, 2.24) is 15.2 Å². The smallest absolute Gasteiger partial charge is 0.224 e. The number of nitrogens with one attached hydrogen (secondary N) is 3. The summed E-state index contributed by atoms with van der Waals surface area (Å²) in [5.41, 5.74) is 2.19. The molecule has 2 aromatic rings. The van der Waals surface area contributed by atoms with Crippen molar-refractivity contribution in [3.05, 3.63) is 35.9 Å². The Morgan fingerprint density at radius 3 is 2.57 bits per heavy atom. The van der Waals surface area contributed by atoms with Gasteiger partial charge in [0.25, 0.3) is 0 Å². The van der Waals surface area contributed by atoms with Gasteiger partial charge in [-0.05, 0) is 24.6 Å². The number of amides is 2. The van der Waals surface area contributed by atoms with Gasteiger partial charge in [0.15, 0.2) is 0 Å². The monoisotopic (exact) mass is 287 g/mol. The molecule has 110 valence electrons. The zero-order valence-electron chi connectivity index (χ0n) is 11.9. The van der Waals surface area contributed by atoms with Crippen molar-refractivity contribution in [3.8, 4) is 0 Å². The van der Waals surface area contributed by atoms with Gasteiger partial charge >= 0.3 is 0 Å². The number of aryl methyl sites for hydroxylation is 1. The van der Waals surface area contributed by atoms with E-state index in [0.29, 0.717) is 30.0 Å². The summed E-state index contributed by atoms with van der Waals surface area (Å²) >= 11 is 0. The molecule has 0 radical (unpaired) electrons. The van der Waals surface area contributed by atoms with Gasteiger partial charge in [-0.15, -0.1) is 0 Å². The van der Waals surface area contributed by atoms with Crippen molar-refractivity contribution in [2.24, 2.45) is 0 Å². The van der Waals surface area contributed by atoms with Crippen molar-refractivity contribution >= 4 is 23.2 Å². The molecule has 0 atom stereocenters. The number of carbonyl (C=O) groups is 2. The summed E-state index contributed by atoms with van der Waals surface area (Å²) in [6.45, 7) is 3.29. The minimum Gasteiger partial charge on any atom is -0.326 e. The van der Waals surface area contributed by atoms with Crippen LogP contribution in [0.2, 0.25) is 0 Å². The van der Waals surface area contributed by atoms with Crippen LogP contribution in [0.4, 0.5) is 11.4 Å². The fourth-order valence-corrected chi connectivity index (χ4v) is 1.89. The highest BCUT2D eigenvalue weighted by Crippen LogP contribution is 2.23. The highest BCUT2D eigenvalue weighted by Gasteiger charge is 2.09. The van der Waals surface area contributed by atoms with E-state index in [0.717, 1.165) is 5.56 Å². The Hall–Kier alpha value is -2.70. The second-order valence-corrected chi connectivity index (χ2v) is 4.64. The van der Waals surface area contributed by atoms with Crippen LogP contribution in [-0.2, 0) is 16.0 Å². The number of H-pyrrole nitrogens is 1. The summed E-state index contributed by atoms with van der Waals surface area (Å²) in [6.07, 6.45) is 2.21. The molecule has 2 rings (SSSR count). The van der Waals surface area contributed by atoms with E-state index in [1.165, 1.54) is 13.3 Å². The third-order valence-corrected chi connectivity index (χ3v) is 2.97. The summed E-state index contributed by atoms with van der Waals surface area (Å²) in [7, 11) is 0. The lowest BCUT2D eigenvalue weighted by Gasteiger charge is -2.12. The zero-order chi connectivity index (χ0) is 15.2. The number of anilines is 2. The molecule has 1 heterocycles. The fourth-order valence-electron chi connectivity index (χ4n) is 1.89. The first-order valence-electron chi connectivity index (χ1n) is 6.57. The normalized spacial score (nSPS) is 10.2. The number of aromatic nitrogens is 3. The van der Waals surface area contributed by atoms with E-state index >= 15 is 0 Å². The number of benzene rings is 1. The van der Waals surface area contributed by atoms with E-state index in [4.69, 9.17) is 0 Å². The SMILES string of the molecule is CC(=O)Nc1cccc(NC(=O)CCc2ncn[nH]2)c1C. The summed E-state index contributed by atoms with van der Waals surface area (Å²) in [5.74, 6) is 0.412. The standard InChI is InChI=1S/C14H17N5O2/c1-9-11(17-10(2)20)4-3-5-12(9)18-14(21)7-6-13-15-8-16-19-13/h3-5,8H,6-7H2,1-2H3,(H,17,20)(H,18,21)(H,15,16,19). The van der Waals surface area contributed by atoms with Gasteiger partial charge in [0.2, 0.25) is 11.8 Å². The maximum absolute atomic E-state index is 11.9. The van der Waals surface area contributed by atoms with Gasteiger partial charge in [-0.3, -0.25) is 14.7 Å². The highest BCUT2D eigenvalue weighted by molar-refractivity contribution is 5.95. The predicted octanol–water partition coefficient (Wildman–Crippen LogP) is 1.64. The molecule has 0 bridgehead atoms. The minimum atomic E-state index is -0.146. The summed E-state index contributed by atoms with van der Waals surface area (Å²) in [6, 6.07) is 5.37. The van der Waals surface area contributed by atoms with Crippen LogP contribution in [0.5, 0.6) is 0 Å². The minimum absolute atomic E-state index is 0.116. The van der Waals surface area contributed by atoms with E-state index < -0.39 is 0 Å². The Balaban J connectivity index is 1.98. The summed E-state index contributed by atoms with van der Waals surface area (Å²) < 4.78 is 0. The molecule has 0 fully saturated rings. The topological polar surface area (TPSA) is 99.8 Å². The van der Waals surface area contributed by atoms with Crippen LogP contribution in [0.15, 0.2) is 24.5 Å². The van der Waals surface area contributed by atoms with E-state index in [2.05, 4.69) is 25.8 Å². The van der Waals surface area contributed by atoms with Crippen LogP contribution in [0, 0.1) is 6.92 Å². The first-order valence-corrected chi connectivity index (χ1v) is 6.57. The first-order chi connectivity index (χ1) is 10.1. The molecule has 0 aliphatic heterocycles. The van der Waals surface area contributed by atoms with Crippen molar-refractivity contribution < 1.29 is 9.59 Å². The molecule has 1 aromatic heterocycles. The molecular weight excluding hydrogens is 270 g/mol. The fraction of sp³-hybridized carbons (Fsp3) is 0.286. The predicted molar refractivity (Wildman–Crippen MR) is 78.8 cm³/mol. The van der Waals surface area contributed by atoms with Crippen LogP contribution in [0.25, 0.3) is 0 Å². The Labute approximate surface area is 122 Å². The number of rotatable bonds is 5. The molecule has 0 saturated heterocycles.